The molecule has 4 aromatic heterocycles. The highest BCUT2D eigenvalue weighted by atomic mass is 16.5. The number of carbonyl (C=O) groups is 1. The minimum Gasteiger partial charge on any atom is -0.483 e. The molecule has 5 aromatic rings. The van der Waals surface area contributed by atoms with Crippen LogP contribution in [0.1, 0.15) is 16.1 Å². The van der Waals surface area contributed by atoms with Crippen molar-refractivity contribution >= 4 is 33.7 Å². The van der Waals surface area contributed by atoms with Crippen molar-refractivity contribution < 1.29 is 9.53 Å². The SMILES string of the molecule is NC(=O)c1ccc2nc(N)c(OCc3nc4[nH]ncc4cc3-n3cccn3)cc2c1. The topological polar surface area (TPSA) is 151 Å². The summed E-state index contributed by atoms with van der Waals surface area (Å²) in [6.45, 7) is 0.122. The summed E-state index contributed by atoms with van der Waals surface area (Å²) in [7, 11) is 0. The lowest BCUT2D eigenvalue weighted by molar-refractivity contribution is 0.100. The molecule has 0 aliphatic carbocycles. The molecule has 148 valence electrons. The highest BCUT2D eigenvalue weighted by molar-refractivity contribution is 5.97. The highest BCUT2D eigenvalue weighted by Crippen LogP contribution is 2.27. The Bertz CT molecular complexity index is 1390. The Kier molecular flexibility index (Phi) is 4.02. The van der Waals surface area contributed by atoms with E-state index in [0.29, 0.717) is 33.6 Å². The number of hydrogen-bond acceptors (Lipinski definition) is 7. The van der Waals surface area contributed by atoms with E-state index in [9.17, 15) is 4.79 Å². The van der Waals surface area contributed by atoms with Gasteiger partial charge < -0.3 is 16.2 Å². The number of hydrogen-bond donors (Lipinski definition) is 3. The summed E-state index contributed by atoms with van der Waals surface area (Å²) in [5.41, 5.74) is 14.5. The number of nitrogens with two attached hydrogens (primary N) is 2. The predicted octanol–water partition coefficient (Wildman–Crippen LogP) is 1.95. The summed E-state index contributed by atoms with van der Waals surface area (Å²) >= 11 is 0. The summed E-state index contributed by atoms with van der Waals surface area (Å²) in [6.07, 6.45) is 5.21. The van der Waals surface area contributed by atoms with Crippen molar-refractivity contribution in [3.63, 3.8) is 0 Å². The Morgan fingerprint density at radius 2 is 2.07 bits per heavy atom. The molecule has 10 heteroatoms. The van der Waals surface area contributed by atoms with Crippen molar-refractivity contribution in [3.05, 3.63) is 66.2 Å². The molecule has 0 spiro atoms. The Labute approximate surface area is 169 Å². The van der Waals surface area contributed by atoms with Crippen molar-refractivity contribution in [2.24, 2.45) is 5.73 Å². The van der Waals surface area contributed by atoms with Crippen molar-refractivity contribution in [3.8, 4) is 11.4 Å². The fraction of sp³-hybridized carbons (Fsp3) is 0.0500. The van der Waals surface area contributed by atoms with Crippen LogP contribution in [0.3, 0.4) is 0 Å². The molecule has 0 aliphatic heterocycles. The molecule has 30 heavy (non-hydrogen) atoms. The zero-order valence-corrected chi connectivity index (χ0v) is 15.6. The van der Waals surface area contributed by atoms with Gasteiger partial charge in [-0.2, -0.15) is 10.2 Å². The predicted molar refractivity (Wildman–Crippen MR) is 110 cm³/mol. The smallest absolute Gasteiger partial charge is 0.248 e. The third-order valence-corrected chi connectivity index (χ3v) is 4.69. The largest absolute Gasteiger partial charge is 0.483 e. The first-order valence-corrected chi connectivity index (χ1v) is 9.04. The quantitative estimate of drug-likeness (QED) is 0.408. The summed E-state index contributed by atoms with van der Waals surface area (Å²) in [4.78, 5) is 20.4. The number of aromatic nitrogens is 6. The summed E-state index contributed by atoms with van der Waals surface area (Å²) in [5.74, 6) is 0.0942. The molecule has 0 bridgehead atoms. The summed E-state index contributed by atoms with van der Waals surface area (Å²) in [6, 6.07) is 10.4. The third-order valence-electron chi connectivity index (χ3n) is 4.69. The lowest BCUT2D eigenvalue weighted by atomic mass is 10.1. The van der Waals surface area contributed by atoms with Crippen LogP contribution in [-0.4, -0.2) is 35.9 Å². The molecule has 10 nitrogen and oxygen atoms in total. The molecule has 0 unspecified atom stereocenters. The third kappa shape index (κ3) is 3.05. The van der Waals surface area contributed by atoms with Crippen LogP contribution in [0.25, 0.3) is 27.6 Å². The van der Waals surface area contributed by atoms with Gasteiger partial charge in [0.2, 0.25) is 5.91 Å². The number of ether oxygens (including phenoxy) is 1. The van der Waals surface area contributed by atoms with Gasteiger partial charge in [0.05, 0.1) is 17.4 Å². The van der Waals surface area contributed by atoms with Gasteiger partial charge in [-0.05, 0) is 36.4 Å². The van der Waals surface area contributed by atoms with Gasteiger partial charge in [0.1, 0.15) is 12.3 Å². The molecular formula is C20H16N8O2. The Balaban J connectivity index is 1.52. The van der Waals surface area contributed by atoms with E-state index in [1.807, 2.05) is 18.3 Å². The Morgan fingerprint density at radius 1 is 1.17 bits per heavy atom. The number of nitrogens with zero attached hydrogens (tertiary/aromatic N) is 5. The summed E-state index contributed by atoms with van der Waals surface area (Å²) < 4.78 is 7.66. The number of pyridine rings is 2. The van der Waals surface area contributed by atoms with E-state index in [4.69, 9.17) is 16.2 Å². The molecule has 5 rings (SSSR count). The number of rotatable bonds is 5. The number of nitrogens with one attached hydrogen (secondary N) is 1. The molecule has 0 saturated carbocycles. The number of benzene rings is 1. The fourth-order valence-electron chi connectivity index (χ4n) is 3.21. The average molecular weight is 400 g/mol. The fourth-order valence-corrected chi connectivity index (χ4v) is 3.21. The first-order chi connectivity index (χ1) is 14.6. The van der Waals surface area contributed by atoms with E-state index in [1.54, 1.807) is 41.3 Å². The van der Waals surface area contributed by atoms with Crippen LogP contribution in [0.2, 0.25) is 0 Å². The number of amides is 1. The first-order valence-electron chi connectivity index (χ1n) is 9.04. The molecule has 0 radical (unpaired) electrons. The van der Waals surface area contributed by atoms with E-state index in [0.717, 1.165) is 11.1 Å². The van der Waals surface area contributed by atoms with Gasteiger partial charge in [-0.3, -0.25) is 9.89 Å². The highest BCUT2D eigenvalue weighted by Gasteiger charge is 2.14. The van der Waals surface area contributed by atoms with Crippen molar-refractivity contribution in [1.29, 1.82) is 0 Å². The lowest BCUT2D eigenvalue weighted by Crippen LogP contribution is -2.10. The Morgan fingerprint density at radius 3 is 2.87 bits per heavy atom. The van der Waals surface area contributed by atoms with Crippen LogP contribution in [0.5, 0.6) is 5.75 Å². The van der Waals surface area contributed by atoms with Gasteiger partial charge >= 0.3 is 0 Å². The number of carbonyl (C=O) groups excluding carboxylic acids is 1. The zero-order valence-electron chi connectivity index (χ0n) is 15.6. The lowest BCUT2D eigenvalue weighted by Gasteiger charge is -2.12. The number of primary amides is 1. The number of H-pyrrole nitrogens is 1. The molecule has 1 amide bonds. The van der Waals surface area contributed by atoms with Crippen LogP contribution in [0.15, 0.2) is 55.0 Å². The average Bonchev–Trinajstić information content (AvgIpc) is 3.42. The monoisotopic (exact) mass is 400 g/mol. The van der Waals surface area contributed by atoms with Gasteiger partial charge in [-0.25, -0.2) is 14.6 Å². The van der Waals surface area contributed by atoms with E-state index < -0.39 is 5.91 Å². The van der Waals surface area contributed by atoms with Gasteiger partial charge in [0.15, 0.2) is 17.2 Å². The van der Waals surface area contributed by atoms with E-state index in [2.05, 4.69) is 25.3 Å². The van der Waals surface area contributed by atoms with Crippen LogP contribution in [0, 0.1) is 0 Å². The molecular weight excluding hydrogens is 384 g/mol. The zero-order chi connectivity index (χ0) is 20.7. The van der Waals surface area contributed by atoms with Crippen molar-refractivity contribution in [1.82, 2.24) is 29.9 Å². The maximum absolute atomic E-state index is 11.5. The molecule has 1 aromatic carbocycles. The minimum atomic E-state index is -0.517. The number of nitrogen functional groups attached to an aromatic ring is 1. The number of aromatic amines is 1. The van der Waals surface area contributed by atoms with Gasteiger partial charge in [0, 0.05) is 28.7 Å². The minimum absolute atomic E-state index is 0.122. The first kappa shape index (κ1) is 17.6. The maximum atomic E-state index is 11.5. The molecule has 0 saturated heterocycles. The maximum Gasteiger partial charge on any atom is 0.248 e. The second-order valence-corrected chi connectivity index (χ2v) is 6.64. The van der Waals surface area contributed by atoms with Crippen molar-refractivity contribution in [2.75, 3.05) is 5.73 Å². The molecule has 0 atom stereocenters. The second kappa shape index (κ2) is 6.85. The van der Waals surface area contributed by atoms with Gasteiger partial charge in [0.25, 0.3) is 0 Å². The molecule has 0 aliphatic rings. The number of fused-ring (bicyclic) bond motifs is 2. The Hall–Kier alpha value is -4.47. The van der Waals surface area contributed by atoms with Crippen LogP contribution in [0.4, 0.5) is 5.82 Å². The van der Waals surface area contributed by atoms with E-state index in [1.165, 1.54) is 0 Å². The van der Waals surface area contributed by atoms with Gasteiger partial charge in [-0.15, -0.1) is 0 Å². The van der Waals surface area contributed by atoms with E-state index in [-0.39, 0.29) is 12.4 Å². The van der Waals surface area contributed by atoms with Crippen LogP contribution >= 0.6 is 0 Å². The van der Waals surface area contributed by atoms with Crippen LogP contribution in [-0.2, 0) is 6.61 Å². The second-order valence-electron chi connectivity index (χ2n) is 6.64. The summed E-state index contributed by atoms with van der Waals surface area (Å²) in [5, 5.41) is 12.7. The standard InChI is InChI=1S/C20H16N8O2/c21-18-17(8-12-6-11(19(22)29)2-3-14(12)25-18)30-10-15-16(28-5-1-4-24-28)7-13-9-23-27-20(13)26-15/h1-9H,10H2,(H2,21,25)(H2,22,29)(H,23,26,27). The van der Waals surface area contributed by atoms with Crippen LogP contribution < -0.4 is 16.2 Å². The molecule has 4 heterocycles. The van der Waals surface area contributed by atoms with Gasteiger partial charge in [-0.1, -0.05) is 0 Å². The van der Waals surface area contributed by atoms with Crippen molar-refractivity contribution in [2.45, 2.75) is 6.61 Å². The van der Waals surface area contributed by atoms with E-state index >= 15 is 0 Å². The molecule has 0 fully saturated rings. The number of anilines is 1. The normalized spacial score (nSPS) is 11.2. The molecule has 5 N–H and O–H groups in total.